The van der Waals surface area contributed by atoms with Crippen LogP contribution in [0.25, 0.3) is 0 Å². The van der Waals surface area contributed by atoms with Gasteiger partial charge < -0.3 is 20.2 Å². The number of furan rings is 1. The lowest BCUT2D eigenvalue weighted by molar-refractivity contribution is -0.127. The van der Waals surface area contributed by atoms with Crippen molar-refractivity contribution in [1.29, 1.82) is 0 Å². The van der Waals surface area contributed by atoms with Crippen molar-refractivity contribution in [3.05, 3.63) is 54.0 Å². The third-order valence-corrected chi connectivity index (χ3v) is 3.08. The fourth-order valence-electron chi connectivity index (χ4n) is 1.86. The first-order valence-electron chi connectivity index (χ1n) is 6.88. The summed E-state index contributed by atoms with van der Waals surface area (Å²) in [7, 11) is 0. The van der Waals surface area contributed by atoms with Gasteiger partial charge in [0.25, 0.3) is 5.91 Å². The monoisotopic (exact) mass is 288 g/mol. The molecule has 5 heteroatoms. The van der Waals surface area contributed by atoms with Gasteiger partial charge in [0, 0.05) is 6.04 Å². The van der Waals surface area contributed by atoms with E-state index < -0.39 is 6.10 Å². The highest BCUT2D eigenvalue weighted by molar-refractivity contribution is 5.80. The molecule has 0 fully saturated rings. The quantitative estimate of drug-likeness (QED) is 0.855. The molecule has 0 spiro atoms. The van der Waals surface area contributed by atoms with Crippen LogP contribution in [0.2, 0.25) is 0 Å². The Labute approximate surface area is 124 Å². The Kier molecular flexibility index (Phi) is 5.00. The fourth-order valence-corrected chi connectivity index (χ4v) is 1.86. The van der Waals surface area contributed by atoms with Gasteiger partial charge >= 0.3 is 0 Å². The molecule has 0 bridgehead atoms. The summed E-state index contributed by atoms with van der Waals surface area (Å²) in [6.07, 6.45) is 0.976. The Morgan fingerprint density at radius 2 is 2.14 bits per heavy atom. The minimum absolute atomic E-state index is 0.0726. The predicted octanol–water partition coefficient (Wildman–Crippen LogP) is 2.38. The van der Waals surface area contributed by atoms with Gasteiger partial charge in [0.15, 0.2) is 6.10 Å². The summed E-state index contributed by atoms with van der Waals surface area (Å²) in [6, 6.07) is 11.0. The highest BCUT2D eigenvalue weighted by Crippen LogP contribution is 2.18. The maximum atomic E-state index is 12.0. The SMILES string of the molecule is CC(Oc1cccc(C(C)N)c1)C(=O)NCc1ccco1. The molecule has 1 amide bonds. The smallest absolute Gasteiger partial charge is 0.261 e. The molecule has 1 heterocycles. The summed E-state index contributed by atoms with van der Waals surface area (Å²) in [5, 5.41) is 2.76. The number of carbonyl (C=O) groups excluding carboxylic acids is 1. The van der Waals surface area contributed by atoms with E-state index in [0.29, 0.717) is 18.1 Å². The normalized spacial score (nSPS) is 13.5. The van der Waals surface area contributed by atoms with E-state index in [1.54, 1.807) is 25.3 Å². The first-order valence-corrected chi connectivity index (χ1v) is 6.88. The molecule has 2 rings (SSSR count). The van der Waals surface area contributed by atoms with E-state index in [1.165, 1.54) is 0 Å². The summed E-state index contributed by atoms with van der Waals surface area (Å²) >= 11 is 0. The van der Waals surface area contributed by atoms with Crippen molar-refractivity contribution < 1.29 is 13.9 Å². The largest absolute Gasteiger partial charge is 0.481 e. The minimum atomic E-state index is -0.594. The Hall–Kier alpha value is -2.27. The molecule has 1 aromatic heterocycles. The van der Waals surface area contributed by atoms with Crippen molar-refractivity contribution in [2.45, 2.75) is 32.5 Å². The number of carbonyl (C=O) groups is 1. The lowest BCUT2D eigenvalue weighted by atomic mass is 10.1. The topological polar surface area (TPSA) is 77.5 Å². The summed E-state index contributed by atoms with van der Waals surface area (Å²) in [4.78, 5) is 12.0. The number of amides is 1. The van der Waals surface area contributed by atoms with E-state index >= 15 is 0 Å². The summed E-state index contributed by atoms with van der Waals surface area (Å²) in [5.74, 6) is 1.14. The first kappa shape index (κ1) is 15.1. The summed E-state index contributed by atoms with van der Waals surface area (Å²) < 4.78 is 10.8. The van der Waals surface area contributed by atoms with Crippen LogP contribution in [0, 0.1) is 0 Å². The van der Waals surface area contributed by atoms with Gasteiger partial charge in [0.05, 0.1) is 12.8 Å². The molecular formula is C16H20N2O3. The predicted molar refractivity (Wildman–Crippen MR) is 79.7 cm³/mol. The summed E-state index contributed by atoms with van der Waals surface area (Å²) in [5.41, 5.74) is 6.80. The molecule has 112 valence electrons. The number of benzene rings is 1. The zero-order valence-electron chi connectivity index (χ0n) is 12.2. The molecule has 2 atom stereocenters. The highest BCUT2D eigenvalue weighted by atomic mass is 16.5. The van der Waals surface area contributed by atoms with E-state index in [1.807, 2.05) is 31.2 Å². The van der Waals surface area contributed by atoms with E-state index in [2.05, 4.69) is 5.32 Å². The van der Waals surface area contributed by atoms with Gasteiger partial charge in [-0.15, -0.1) is 0 Å². The van der Waals surface area contributed by atoms with Gasteiger partial charge in [0.1, 0.15) is 11.5 Å². The Balaban J connectivity index is 1.89. The zero-order chi connectivity index (χ0) is 15.2. The van der Waals surface area contributed by atoms with Crippen molar-refractivity contribution in [3.63, 3.8) is 0 Å². The van der Waals surface area contributed by atoms with Crippen molar-refractivity contribution in [2.75, 3.05) is 0 Å². The molecule has 0 aliphatic rings. The first-order chi connectivity index (χ1) is 10.1. The minimum Gasteiger partial charge on any atom is -0.481 e. The second kappa shape index (κ2) is 6.95. The number of nitrogens with one attached hydrogen (secondary N) is 1. The fraction of sp³-hybridized carbons (Fsp3) is 0.312. The van der Waals surface area contributed by atoms with Crippen LogP contribution in [0.15, 0.2) is 47.1 Å². The number of hydrogen-bond donors (Lipinski definition) is 2. The maximum absolute atomic E-state index is 12.0. The number of ether oxygens (including phenoxy) is 1. The van der Waals surface area contributed by atoms with Crippen LogP contribution >= 0.6 is 0 Å². The van der Waals surface area contributed by atoms with Crippen LogP contribution in [-0.4, -0.2) is 12.0 Å². The molecule has 5 nitrogen and oxygen atoms in total. The average Bonchev–Trinajstić information content (AvgIpc) is 2.98. The molecule has 0 saturated carbocycles. The van der Waals surface area contributed by atoms with Crippen molar-refractivity contribution in [3.8, 4) is 5.75 Å². The van der Waals surface area contributed by atoms with Crippen LogP contribution in [0.1, 0.15) is 31.2 Å². The molecule has 3 N–H and O–H groups in total. The molecule has 2 unspecified atom stereocenters. The van der Waals surface area contributed by atoms with E-state index in [-0.39, 0.29) is 11.9 Å². The van der Waals surface area contributed by atoms with Crippen LogP contribution in [0.3, 0.4) is 0 Å². The van der Waals surface area contributed by atoms with E-state index in [4.69, 9.17) is 14.9 Å². The van der Waals surface area contributed by atoms with E-state index in [9.17, 15) is 4.79 Å². The van der Waals surface area contributed by atoms with Crippen LogP contribution < -0.4 is 15.8 Å². The highest BCUT2D eigenvalue weighted by Gasteiger charge is 2.15. The van der Waals surface area contributed by atoms with E-state index in [0.717, 1.165) is 5.56 Å². The van der Waals surface area contributed by atoms with Gasteiger partial charge in [-0.2, -0.15) is 0 Å². The zero-order valence-corrected chi connectivity index (χ0v) is 12.2. The van der Waals surface area contributed by atoms with Crippen LogP contribution in [0.4, 0.5) is 0 Å². The van der Waals surface area contributed by atoms with Crippen molar-refractivity contribution in [2.24, 2.45) is 5.73 Å². The van der Waals surface area contributed by atoms with Gasteiger partial charge in [-0.1, -0.05) is 12.1 Å². The lowest BCUT2D eigenvalue weighted by Gasteiger charge is -2.15. The molecule has 0 aliphatic heterocycles. The molecule has 0 saturated heterocycles. The third-order valence-electron chi connectivity index (χ3n) is 3.08. The van der Waals surface area contributed by atoms with Gasteiger partial charge in [-0.25, -0.2) is 0 Å². The second-order valence-electron chi connectivity index (χ2n) is 4.92. The molecule has 0 radical (unpaired) electrons. The standard InChI is InChI=1S/C16H20N2O3/c1-11(17)13-5-3-6-14(9-13)21-12(2)16(19)18-10-15-7-4-8-20-15/h3-9,11-12H,10,17H2,1-2H3,(H,18,19). The van der Waals surface area contributed by atoms with Gasteiger partial charge in [0.2, 0.25) is 0 Å². The van der Waals surface area contributed by atoms with Gasteiger partial charge in [-0.3, -0.25) is 4.79 Å². The maximum Gasteiger partial charge on any atom is 0.261 e. The lowest BCUT2D eigenvalue weighted by Crippen LogP contribution is -2.35. The third kappa shape index (κ3) is 4.36. The molecule has 2 aromatic rings. The van der Waals surface area contributed by atoms with Crippen molar-refractivity contribution >= 4 is 5.91 Å². The average molecular weight is 288 g/mol. The molecular weight excluding hydrogens is 268 g/mol. The number of rotatable bonds is 6. The van der Waals surface area contributed by atoms with Crippen LogP contribution in [0.5, 0.6) is 5.75 Å². The summed E-state index contributed by atoms with van der Waals surface area (Å²) in [6.45, 7) is 3.95. The van der Waals surface area contributed by atoms with Crippen molar-refractivity contribution in [1.82, 2.24) is 5.32 Å². The second-order valence-corrected chi connectivity index (χ2v) is 4.92. The van der Waals surface area contributed by atoms with Crippen LogP contribution in [-0.2, 0) is 11.3 Å². The Morgan fingerprint density at radius 3 is 2.81 bits per heavy atom. The molecule has 0 aliphatic carbocycles. The number of hydrogen-bond acceptors (Lipinski definition) is 4. The van der Waals surface area contributed by atoms with Gasteiger partial charge in [-0.05, 0) is 43.7 Å². The Bertz CT molecular complexity index is 579. The Morgan fingerprint density at radius 1 is 1.33 bits per heavy atom. The number of nitrogens with two attached hydrogens (primary N) is 1. The molecule has 1 aromatic carbocycles. The molecule has 21 heavy (non-hydrogen) atoms.